The molecule has 0 saturated heterocycles. The minimum atomic E-state index is 0.571. The predicted molar refractivity (Wildman–Crippen MR) is 128 cm³/mol. The Morgan fingerprint density at radius 2 is 1.76 bits per heavy atom. The molecule has 0 radical (unpaired) electrons. The molecule has 2 aromatic heterocycles. The summed E-state index contributed by atoms with van der Waals surface area (Å²) in [5, 5.41) is 12.9. The Labute approximate surface area is 195 Å². The van der Waals surface area contributed by atoms with Crippen LogP contribution in [-0.4, -0.2) is 36.3 Å². The van der Waals surface area contributed by atoms with Crippen molar-refractivity contribution in [2.24, 2.45) is 7.05 Å². The average molecular weight is 468 g/mol. The topological polar surface area (TPSA) is 95.6 Å². The van der Waals surface area contributed by atoms with Gasteiger partial charge in [-0.15, -0.1) is 0 Å². The standard InChI is InChI=1S/C23H25N5O4S/c1-28-16(13-8-9-13)12-21(25-28)24-15-11-19-14(10-20(15)31-4)23(26-32-19)27-33-22-17(29-2)6-5-7-18(22)30-3/h5-7,10-13H,8-9H2,1-4H3,(H,24,25)(H,26,27). The maximum absolute atomic E-state index is 5.64. The number of aryl methyl sites for hydroxylation is 1. The van der Waals surface area contributed by atoms with E-state index in [9.17, 15) is 0 Å². The lowest BCUT2D eigenvalue weighted by atomic mass is 10.2. The number of ether oxygens (including phenoxy) is 3. The van der Waals surface area contributed by atoms with Crippen molar-refractivity contribution in [3.8, 4) is 17.2 Å². The Balaban J connectivity index is 1.41. The van der Waals surface area contributed by atoms with Crippen LogP contribution in [-0.2, 0) is 7.05 Å². The Bertz CT molecular complexity index is 1280. The highest BCUT2D eigenvalue weighted by Crippen LogP contribution is 2.42. The van der Waals surface area contributed by atoms with Gasteiger partial charge in [-0.3, -0.25) is 4.68 Å². The van der Waals surface area contributed by atoms with Crippen LogP contribution in [0.25, 0.3) is 11.0 Å². The number of methoxy groups -OCH3 is 3. The fourth-order valence-electron chi connectivity index (χ4n) is 3.76. The molecule has 0 amide bonds. The first-order chi connectivity index (χ1) is 16.1. The largest absolute Gasteiger partial charge is 0.495 e. The molecule has 2 aromatic carbocycles. The molecule has 0 bridgehead atoms. The van der Waals surface area contributed by atoms with Crippen molar-refractivity contribution in [2.45, 2.75) is 23.7 Å². The molecule has 172 valence electrons. The van der Waals surface area contributed by atoms with E-state index in [1.807, 2.05) is 42.1 Å². The summed E-state index contributed by atoms with van der Waals surface area (Å²) < 4.78 is 27.3. The number of nitrogens with one attached hydrogen (secondary N) is 2. The van der Waals surface area contributed by atoms with Crippen LogP contribution in [0.4, 0.5) is 17.3 Å². The number of hydrogen-bond donors (Lipinski definition) is 2. The molecule has 2 heterocycles. The number of benzene rings is 2. The first-order valence-electron chi connectivity index (χ1n) is 10.5. The summed E-state index contributed by atoms with van der Waals surface area (Å²) in [5.41, 5.74) is 2.62. The van der Waals surface area contributed by atoms with Crippen molar-refractivity contribution >= 4 is 40.2 Å². The lowest BCUT2D eigenvalue weighted by molar-refractivity contribution is 0.376. The third-order valence-electron chi connectivity index (χ3n) is 5.60. The van der Waals surface area contributed by atoms with E-state index in [1.165, 1.54) is 30.5 Å². The second kappa shape index (κ2) is 8.78. The summed E-state index contributed by atoms with van der Waals surface area (Å²) in [6, 6.07) is 11.5. The smallest absolute Gasteiger partial charge is 0.187 e. The second-order valence-corrected chi connectivity index (χ2v) is 8.57. The van der Waals surface area contributed by atoms with Crippen molar-refractivity contribution in [3.05, 3.63) is 42.1 Å². The number of fused-ring (bicyclic) bond motifs is 1. The van der Waals surface area contributed by atoms with Gasteiger partial charge in [0.05, 0.1) is 32.4 Å². The molecule has 1 saturated carbocycles. The minimum Gasteiger partial charge on any atom is -0.495 e. The fourth-order valence-corrected chi connectivity index (χ4v) is 4.61. The van der Waals surface area contributed by atoms with Crippen molar-refractivity contribution < 1.29 is 18.7 Å². The van der Waals surface area contributed by atoms with E-state index in [-0.39, 0.29) is 0 Å². The van der Waals surface area contributed by atoms with Gasteiger partial charge in [0.1, 0.15) is 22.1 Å². The van der Waals surface area contributed by atoms with Crippen LogP contribution in [0.5, 0.6) is 17.2 Å². The van der Waals surface area contributed by atoms with Gasteiger partial charge in [0, 0.05) is 30.8 Å². The Morgan fingerprint density at radius 1 is 1.03 bits per heavy atom. The number of rotatable bonds is 9. The third-order valence-corrected chi connectivity index (χ3v) is 6.50. The van der Waals surface area contributed by atoms with Gasteiger partial charge in [-0.1, -0.05) is 11.2 Å². The molecular weight excluding hydrogens is 442 g/mol. The zero-order valence-electron chi connectivity index (χ0n) is 18.8. The van der Waals surface area contributed by atoms with Crippen molar-refractivity contribution in [1.29, 1.82) is 0 Å². The summed E-state index contributed by atoms with van der Waals surface area (Å²) in [6.07, 6.45) is 2.45. The van der Waals surface area contributed by atoms with Crippen molar-refractivity contribution in [2.75, 3.05) is 31.4 Å². The molecule has 33 heavy (non-hydrogen) atoms. The average Bonchev–Trinajstić information content (AvgIpc) is 3.51. The van der Waals surface area contributed by atoms with Gasteiger partial charge < -0.3 is 28.8 Å². The molecule has 1 fully saturated rings. The van der Waals surface area contributed by atoms with Gasteiger partial charge in [-0.25, -0.2) is 0 Å². The zero-order valence-corrected chi connectivity index (χ0v) is 19.7. The maximum atomic E-state index is 5.64. The Kier molecular flexibility index (Phi) is 5.67. The minimum absolute atomic E-state index is 0.571. The van der Waals surface area contributed by atoms with Crippen LogP contribution in [0.3, 0.4) is 0 Å². The Morgan fingerprint density at radius 3 is 2.42 bits per heavy atom. The summed E-state index contributed by atoms with van der Waals surface area (Å²) in [4.78, 5) is 0.811. The predicted octanol–water partition coefficient (Wildman–Crippen LogP) is 5.33. The molecule has 1 aliphatic rings. The van der Waals surface area contributed by atoms with Gasteiger partial charge in [0.15, 0.2) is 17.2 Å². The van der Waals surface area contributed by atoms with Crippen molar-refractivity contribution in [1.82, 2.24) is 14.9 Å². The maximum Gasteiger partial charge on any atom is 0.187 e. The normalized spacial score (nSPS) is 13.2. The highest BCUT2D eigenvalue weighted by Gasteiger charge is 2.27. The van der Waals surface area contributed by atoms with Gasteiger partial charge in [-0.2, -0.15) is 5.10 Å². The van der Waals surface area contributed by atoms with Gasteiger partial charge in [0.2, 0.25) is 0 Å². The molecule has 5 rings (SSSR count). The molecule has 0 atom stereocenters. The van der Waals surface area contributed by atoms with Crippen LogP contribution in [0.15, 0.2) is 45.8 Å². The number of hydrogen-bond acceptors (Lipinski definition) is 9. The van der Waals surface area contributed by atoms with E-state index in [4.69, 9.17) is 18.7 Å². The van der Waals surface area contributed by atoms with E-state index in [0.29, 0.717) is 34.6 Å². The lowest BCUT2D eigenvalue weighted by Crippen LogP contribution is -1.98. The van der Waals surface area contributed by atoms with Crippen molar-refractivity contribution in [3.63, 3.8) is 0 Å². The first kappa shape index (κ1) is 21.3. The summed E-state index contributed by atoms with van der Waals surface area (Å²) in [6.45, 7) is 0. The molecule has 10 heteroatoms. The SMILES string of the molecule is COc1cc2c(NSc3c(OC)cccc3OC)noc2cc1Nc1cc(C2CC2)n(C)n1. The quantitative estimate of drug-likeness (QED) is 0.317. The molecule has 0 aliphatic heterocycles. The molecule has 2 N–H and O–H groups in total. The van der Waals surface area contributed by atoms with Gasteiger partial charge in [0.25, 0.3) is 0 Å². The molecule has 0 unspecified atom stereocenters. The fraction of sp³-hybridized carbons (Fsp3) is 0.304. The highest BCUT2D eigenvalue weighted by atomic mass is 32.2. The second-order valence-electron chi connectivity index (χ2n) is 7.75. The summed E-state index contributed by atoms with van der Waals surface area (Å²) in [5.74, 6) is 4.02. The summed E-state index contributed by atoms with van der Waals surface area (Å²) >= 11 is 1.34. The first-order valence-corrected chi connectivity index (χ1v) is 11.3. The van der Waals surface area contributed by atoms with Gasteiger partial charge >= 0.3 is 0 Å². The van der Waals surface area contributed by atoms with E-state index in [0.717, 1.165) is 21.8 Å². The number of anilines is 3. The molecule has 0 spiro atoms. The molecule has 4 aromatic rings. The monoisotopic (exact) mass is 467 g/mol. The molecular formula is C23H25N5O4S. The van der Waals surface area contributed by atoms with E-state index in [2.05, 4.69) is 26.4 Å². The third kappa shape index (κ3) is 4.13. The zero-order chi connectivity index (χ0) is 22.9. The number of nitrogens with zero attached hydrogens (tertiary/aromatic N) is 3. The van der Waals surface area contributed by atoms with Crippen LogP contribution >= 0.6 is 11.9 Å². The van der Waals surface area contributed by atoms with Gasteiger partial charge in [-0.05, 0) is 43.0 Å². The van der Waals surface area contributed by atoms with E-state index in [1.54, 1.807) is 21.3 Å². The molecule has 9 nitrogen and oxygen atoms in total. The van der Waals surface area contributed by atoms with Crippen LogP contribution in [0.2, 0.25) is 0 Å². The Hall–Kier alpha value is -3.53. The van der Waals surface area contributed by atoms with Crippen LogP contribution < -0.4 is 24.2 Å². The molecule has 1 aliphatic carbocycles. The highest BCUT2D eigenvalue weighted by molar-refractivity contribution is 8.00. The van der Waals surface area contributed by atoms with E-state index < -0.39 is 0 Å². The number of aromatic nitrogens is 3. The summed E-state index contributed by atoms with van der Waals surface area (Å²) in [7, 11) is 6.86. The van der Waals surface area contributed by atoms with Crippen LogP contribution in [0.1, 0.15) is 24.5 Å². The van der Waals surface area contributed by atoms with E-state index >= 15 is 0 Å². The van der Waals surface area contributed by atoms with Crippen LogP contribution in [0, 0.1) is 0 Å². The lowest BCUT2D eigenvalue weighted by Gasteiger charge is -2.12.